The third kappa shape index (κ3) is 2.95. The second kappa shape index (κ2) is 5.89. The van der Waals surface area contributed by atoms with E-state index in [0.717, 1.165) is 47.0 Å². The molecule has 0 unspecified atom stereocenters. The highest BCUT2D eigenvalue weighted by Crippen LogP contribution is 2.33. The summed E-state index contributed by atoms with van der Waals surface area (Å²) in [5.74, 6) is 0.716. The molecule has 1 fully saturated rings. The quantitative estimate of drug-likeness (QED) is 0.941. The van der Waals surface area contributed by atoms with E-state index in [1.165, 1.54) is 0 Å². The molecule has 0 radical (unpaired) electrons. The second-order valence-corrected chi connectivity index (χ2v) is 6.23. The van der Waals surface area contributed by atoms with Crippen LogP contribution in [0, 0.1) is 5.92 Å². The molecule has 6 heteroatoms. The van der Waals surface area contributed by atoms with Crippen LogP contribution in [0.2, 0.25) is 0 Å². The molecule has 5 nitrogen and oxygen atoms in total. The van der Waals surface area contributed by atoms with Crippen molar-refractivity contribution in [2.75, 3.05) is 24.6 Å². The van der Waals surface area contributed by atoms with Gasteiger partial charge in [-0.15, -0.1) is 0 Å². The number of anilines is 1. The first-order valence-corrected chi connectivity index (χ1v) is 8.06. The number of carbonyl (C=O) groups excluding carboxylic acids is 1. The van der Waals surface area contributed by atoms with Gasteiger partial charge in [-0.3, -0.25) is 4.79 Å². The molecule has 0 aliphatic carbocycles. The maximum absolute atomic E-state index is 11.2. The van der Waals surface area contributed by atoms with E-state index < -0.39 is 0 Å². The summed E-state index contributed by atoms with van der Waals surface area (Å²) in [6, 6.07) is 5.99. The Morgan fingerprint density at radius 1 is 1.48 bits per heavy atom. The molecule has 1 aliphatic rings. The maximum atomic E-state index is 11.2. The number of benzene rings is 1. The van der Waals surface area contributed by atoms with Crippen molar-refractivity contribution in [1.29, 1.82) is 0 Å². The van der Waals surface area contributed by atoms with Gasteiger partial charge in [0.15, 0.2) is 5.13 Å². The lowest BCUT2D eigenvalue weighted by molar-refractivity contribution is -0.122. The summed E-state index contributed by atoms with van der Waals surface area (Å²) in [6.07, 6.45) is 1.63. The number of carbonyl (C=O) groups is 1. The highest BCUT2D eigenvalue weighted by atomic mass is 32.1. The van der Waals surface area contributed by atoms with Gasteiger partial charge < -0.3 is 15.4 Å². The van der Waals surface area contributed by atoms with E-state index in [4.69, 9.17) is 10.5 Å². The van der Waals surface area contributed by atoms with Crippen LogP contribution in [0.25, 0.3) is 10.2 Å². The number of thiazole rings is 1. The highest BCUT2D eigenvalue weighted by molar-refractivity contribution is 7.22. The minimum atomic E-state index is -0.180. The van der Waals surface area contributed by atoms with Crippen molar-refractivity contribution in [3.63, 3.8) is 0 Å². The van der Waals surface area contributed by atoms with E-state index in [9.17, 15) is 4.79 Å². The number of nitrogens with two attached hydrogens (primary N) is 1. The van der Waals surface area contributed by atoms with E-state index in [1.807, 2.05) is 25.1 Å². The van der Waals surface area contributed by atoms with Crippen LogP contribution in [0.3, 0.4) is 0 Å². The minimum absolute atomic E-state index is 0.0141. The fraction of sp³-hybridized carbons (Fsp3) is 0.467. The van der Waals surface area contributed by atoms with Gasteiger partial charge in [-0.1, -0.05) is 11.3 Å². The number of piperidine rings is 1. The van der Waals surface area contributed by atoms with Crippen LogP contribution < -0.4 is 15.4 Å². The molecule has 112 valence electrons. The Bertz CT molecular complexity index is 647. The van der Waals surface area contributed by atoms with Crippen molar-refractivity contribution in [2.24, 2.45) is 11.7 Å². The average Bonchev–Trinajstić information content (AvgIpc) is 2.91. The number of nitrogens with zero attached hydrogens (tertiary/aromatic N) is 2. The van der Waals surface area contributed by atoms with Crippen molar-refractivity contribution in [2.45, 2.75) is 19.8 Å². The number of primary amides is 1. The first-order chi connectivity index (χ1) is 10.2. The first kappa shape index (κ1) is 14.1. The fourth-order valence-electron chi connectivity index (χ4n) is 2.64. The summed E-state index contributed by atoms with van der Waals surface area (Å²) >= 11 is 1.67. The van der Waals surface area contributed by atoms with Crippen LogP contribution in [0.4, 0.5) is 5.13 Å². The number of ether oxygens (including phenoxy) is 1. The number of hydrogen-bond donors (Lipinski definition) is 1. The SMILES string of the molecule is CCOc1ccc2nc(N3CCC(C(N)=O)CC3)sc2c1. The van der Waals surface area contributed by atoms with Gasteiger partial charge in [-0.2, -0.15) is 0 Å². The summed E-state index contributed by atoms with van der Waals surface area (Å²) < 4.78 is 6.66. The zero-order valence-electron chi connectivity index (χ0n) is 12.0. The Morgan fingerprint density at radius 3 is 2.90 bits per heavy atom. The van der Waals surface area contributed by atoms with Crippen LogP contribution in [-0.2, 0) is 4.79 Å². The van der Waals surface area contributed by atoms with Gasteiger partial charge in [0.05, 0.1) is 16.8 Å². The van der Waals surface area contributed by atoms with Gasteiger partial charge in [0, 0.05) is 19.0 Å². The second-order valence-electron chi connectivity index (χ2n) is 5.22. The molecule has 1 amide bonds. The van der Waals surface area contributed by atoms with Gasteiger partial charge in [0.1, 0.15) is 5.75 Å². The molecule has 1 aromatic carbocycles. The summed E-state index contributed by atoms with van der Waals surface area (Å²) in [5.41, 5.74) is 6.37. The largest absolute Gasteiger partial charge is 0.494 e. The average molecular weight is 305 g/mol. The maximum Gasteiger partial charge on any atom is 0.220 e. The van der Waals surface area contributed by atoms with Crippen molar-refractivity contribution in [3.8, 4) is 5.75 Å². The summed E-state index contributed by atoms with van der Waals surface area (Å²) in [5, 5.41) is 1.02. The van der Waals surface area contributed by atoms with Crippen LogP contribution >= 0.6 is 11.3 Å². The van der Waals surface area contributed by atoms with Crippen molar-refractivity contribution >= 4 is 32.6 Å². The predicted molar refractivity (Wildman–Crippen MR) is 84.9 cm³/mol. The number of fused-ring (bicyclic) bond motifs is 1. The number of amides is 1. The molecule has 1 aromatic heterocycles. The molecule has 1 saturated heterocycles. The molecule has 0 saturated carbocycles. The van der Waals surface area contributed by atoms with Gasteiger partial charge in [-0.05, 0) is 38.0 Å². The van der Waals surface area contributed by atoms with Gasteiger partial charge in [0.25, 0.3) is 0 Å². The van der Waals surface area contributed by atoms with Gasteiger partial charge >= 0.3 is 0 Å². The van der Waals surface area contributed by atoms with Crippen molar-refractivity contribution < 1.29 is 9.53 Å². The number of aromatic nitrogens is 1. The molecule has 0 spiro atoms. The Balaban J connectivity index is 1.77. The van der Waals surface area contributed by atoms with Gasteiger partial charge in [-0.25, -0.2) is 4.98 Å². The molecule has 0 bridgehead atoms. The lowest BCUT2D eigenvalue weighted by Crippen LogP contribution is -2.38. The Labute approximate surface area is 127 Å². The number of hydrogen-bond acceptors (Lipinski definition) is 5. The number of rotatable bonds is 4. The molecular weight excluding hydrogens is 286 g/mol. The molecule has 2 heterocycles. The highest BCUT2D eigenvalue weighted by Gasteiger charge is 2.24. The van der Waals surface area contributed by atoms with E-state index in [1.54, 1.807) is 11.3 Å². The molecule has 21 heavy (non-hydrogen) atoms. The van der Waals surface area contributed by atoms with E-state index >= 15 is 0 Å². The van der Waals surface area contributed by atoms with E-state index in [-0.39, 0.29) is 11.8 Å². The lowest BCUT2D eigenvalue weighted by atomic mass is 9.97. The normalized spacial score (nSPS) is 16.3. The molecular formula is C15H19N3O2S. The topological polar surface area (TPSA) is 68.4 Å². The minimum Gasteiger partial charge on any atom is -0.494 e. The van der Waals surface area contributed by atoms with Crippen LogP contribution in [-0.4, -0.2) is 30.6 Å². The fourth-order valence-corrected chi connectivity index (χ4v) is 3.69. The first-order valence-electron chi connectivity index (χ1n) is 7.25. The van der Waals surface area contributed by atoms with Crippen LogP contribution in [0.15, 0.2) is 18.2 Å². The third-order valence-corrected chi connectivity index (χ3v) is 4.91. The third-order valence-electron chi connectivity index (χ3n) is 3.83. The monoisotopic (exact) mass is 305 g/mol. The van der Waals surface area contributed by atoms with Gasteiger partial charge in [0.2, 0.25) is 5.91 Å². The molecule has 2 aromatic rings. The van der Waals surface area contributed by atoms with Crippen molar-refractivity contribution in [3.05, 3.63) is 18.2 Å². The van der Waals surface area contributed by atoms with E-state index in [0.29, 0.717) is 6.61 Å². The summed E-state index contributed by atoms with van der Waals surface area (Å²) in [6.45, 7) is 4.32. The van der Waals surface area contributed by atoms with Crippen LogP contribution in [0.1, 0.15) is 19.8 Å². The van der Waals surface area contributed by atoms with E-state index in [2.05, 4.69) is 9.88 Å². The predicted octanol–water partition coefficient (Wildman–Crippen LogP) is 2.40. The van der Waals surface area contributed by atoms with Crippen LogP contribution in [0.5, 0.6) is 5.75 Å². The molecule has 0 atom stereocenters. The summed E-state index contributed by atoms with van der Waals surface area (Å²) in [7, 11) is 0. The smallest absolute Gasteiger partial charge is 0.220 e. The molecule has 2 N–H and O–H groups in total. The summed E-state index contributed by atoms with van der Waals surface area (Å²) in [4.78, 5) is 18.1. The van der Waals surface area contributed by atoms with Crippen molar-refractivity contribution in [1.82, 2.24) is 4.98 Å². The lowest BCUT2D eigenvalue weighted by Gasteiger charge is -2.30. The standard InChI is InChI=1S/C15H19N3O2S/c1-2-20-11-3-4-12-13(9-11)21-15(17-12)18-7-5-10(6-8-18)14(16)19/h3-4,9-10H,2,5-8H2,1H3,(H2,16,19). The molecule has 3 rings (SSSR count). The zero-order chi connectivity index (χ0) is 14.8. The Morgan fingerprint density at radius 2 is 2.24 bits per heavy atom. The Kier molecular flexibility index (Phi) is 3.96. The Hall–Kier alpha value is -1.82. The molecule has 1 aliphatic heterocycles. The zero-order valence-corrected chi connectivity index (χ0v) is 12.9.